The Bertz CT molecular complexity index is 680. The normalized spacial score (nSPS) is 14.9. The number of para-hydroxylation sites is 1. The highest BCUT2D eigenvalue weighted by atomic mass is 16.5. The van der Waals surface area contributed by atoms with E-state index in [0.29, 0.717) is 18.8 Å². The molecule has 0 spiro atoms. The Balaban J connectivity index is 1.42. The van der Waals surface area contributed by atoms with Crippen LogP contribution in [0, 0.1) is 0 Å². The molecule has 1 aliphatic rings. The first kappa shape index (κ1) is 18.3. The smallest absolute Gasteiger partial charge is 0.338 e. The number of hydrogen-bond donors (Lipinski definition) is 0. The lowest BCUT2D eigenvalue weighted by molar-refractivity contribution is 0.0526. The van der Waals surface area contributed by atoms with Gasteiger partial charge in [0, 0.05) is 38.4 Å². The van der Waals surface area contributed by atoms with Crippen LogP contribution in [0.15, 0.2) is 54.6 Å². The molecule has 3 rings (SSSR count). The average molecular weight is 354 g/mol. The van der Waals surface area contributed by atoms with Crippen LogP contribution in [-0.2, 0) is 4.74 Å². The van der Waals surface area contributed by atoms with Crippen molar-refractivity contribution in [3.63, 3.8) is 0 Å². The lowest BCUT2D eigenvalue weighted by atomic mass is 10.2. The minimum Gasteiger partial charge on any atom is -0.492 e. The molecule has 0 N–H and O–H groups in total. The summed E-state index contributed by atoms with van der Waals surface area (Å²) in [6.45, 7) is 7.83. The van der Waals surface area contributed by atoms with Crippen molar-refractivity contribution in [1.29, 1.82) is 0 Å². The molecular weight excluding hydrogens is 328 g/mol. The summed E-state index contributed by atoms with van der Waals surface area (Å²) < 4.78 is 10.8. The van der Waals surface area contributed by atoms with Gasteiger partial charge in [-0.3, -0.25) is 4.90 Å². The summed E-state index contributed by atoms with van der Waals surface area (Å²) in [6.07, 6.45) is 0. The zero-order chi connectivity index (χ0) is 18.2. The zero-order valence-corrected chi connectivity index (χ0v) is 15.3. The van der Waals surface area contributed by atoms with Gasteiger partial charge in [-0.1, -0.05) is 18.2 Å². The van der Waals surface area contributed by atoms with E-state index in [9.17, 15) is 4.79 Å². The standard InChI is InChI=1S/C21H26N2O3/c1-2-25-21(24)18-8-10-19(11-9-18)23-14-12-22(13-15-23)16-17-26-20-6-4-3-5-7-20/h3-11H,2,12-17H2,1H3. The summed E-state index contributed by atoms with van der Waals surface area (Å²) in [5.74, 6) is 0.662. The number of ether oxygens (including phenoxy) is 2. The highest BCUT2D eigenvalue weighted by Crippen LogP contribution is 2.18. The van der Waals surface area contributed by atoms with Crippen LogP contribution in [-0.4, -0.2) is 56.8 Å². The summed E-state index contributed by atoms with van der Waals surface area (Å²) in [4.78, 5) is 16.5. The molecule has 5 heteroatoms. The molecule has 1 fully saturated rings. The molecule has 0 unspecified atom stereocenters. The Morgan fingerprint density at radius 2 is 1.65 bits per heavy atom. The number of piperazine rings is 1. The Labute approximate surface area is 155 Å². The summed E-state index contributed by atoms with van der Waals surface area (Å²) in [5.41, 5.74) is 1.76. The van der Waals surface area contributed by atoms with Crippen LogP contribution in [0.3, 0.4) is 0 Å². The second-order valence-corrected chi connectivity index (χ2v) is 6.26. The highest BCUT2D eigenvalue weighted by molar-refractivity contribution is 5.89. The summed E-state index contributed by atoms with van der Waals surface area (Å²) in [6, 6.07) is 17.6. The number of carbonyl (C=O) groups excluding carboxylic acids is 1. The SMILES string of the molecule is CCOC(=O)c1ccc(N2CCN(CCOc3ccccc3)CC2)cc1. The Morgan fingerprint density at radius 3 is 2.31 bits per heavy atom. The quantitative estimate of drug-likeness (QED) is 0.715. The molecule has 138 valence electrons. The maximum Gasteiger partial charge on any atom is 0.338 e. The van der Waals surface area contributed by atoms with Gasteiger partial charge >= 0.3 is 5.97 Å². The van der Waals surface area contributed by atoms with E-state index in [-0.39, 0.29) is 5.97 Å². The summed E-state index contributed by atoms with van der Waals surface area (Å²) in [7, 11) is 0. The molecule has 0 aromatic heterocycles. The van der Waals surface area contributed by atoms with Gasteiger partial charge in [0.05, 0.1) is 12.2 Å². The number of hydrogen-bond acceptors (Lipinski definition) is 5. The molecule has 5 nitrogen and oxygen atoms in total. The first-order valence-corrected chi connectivity index (χ1v) is 9.18. The predicted octanol–water partition coefficient (Wildman–Crippen LogP) is 3.06. The topological polar surface area (TPSA) is 42.0 Å². The number of nitrogens with zero attached hydrogens (tertiary/aromatic N) is 2. The molecule has 0 aliphatic carbocycles. The second-order valence-electron chi connectivity index (χ2n) is 6.26. The summed E-state index contributed by atoms with van der Waals surface area (Å²) in [5, 5.41) is 0. The van der Waals surface area contributed by atoms with Crippen molar-refractivity contribution in [2.75, 3.05) is 50.8 Å². The lowest BCUT2D eigenvalue weighted by Gasteiger charge is -2.36. The number of carbonyl (C=O) groups is 1. The predicted molar refractivity (Wildman–Crippen MR) is 103 cm³/mol. The van der Waals surface area contributed by atoms with E-state index < -0.39 is 0 Å². The average Bonchev–Trinajstić information content (AvgIpc) is 2.70. The molecule has 0 atom stereocenters. The van der Waals surface area contributed by atoms with E-state index in [2.05, 4.69) is 9.80 Å². The molecule has 0 radical (unpaired) electrons. The van der Waals surface area contributed by atoms with Crippen molar-refractivity contribution in [1.82, 2.24) is 4.90 Å². The molecule has 1 saturated heterocycles. The van der Waals surface area contributed by atoms with Gasteiger partial charge < -0.3 is 14.4 Å². The minimum absolute atomic E-state index is 0.262. The van der Waals surface area contributed by atoms with Crippen molar-refractivity contribution in [2.45, 2.75) is 6.92 Å². The Hall–Kier alpha value is -2.53. The van der Waals surface area contributed by atoms with Crippen LogP contribution in [0.5, 0.6) is 5.75 Å². The van der Waals surface area contributed by atoms with E-state index in [0.717, 1.165) is 44.2 Å². The molecule has 0 saturated carbocycles. The number of rotatable bonds is 7. The van der Waals surface area contributed by atoms with Gasteiger partial charge in [-0.2, -0.15) is 0 Å². The fraction of sp³-hybridized carbons (Fsp3) is 0.381. The van der Waals surface area contributed by atoms with Gasteiger partial charge in [-0.15, -0.1) is 0 Å². The van der Waals surface area contributed by atoms with Crippen molar-refractivity contribution in [3.8, 4) is 5.75 Å². The maximum atomic E-state index is 11.7. The van der Waals surface area contributed by atoms with Crippen molar-refractivity contribution < 1.29 is 14.3 Å². The molecular formula is C21H26N2O3. The molecule has 2 aromatic carbocycles. The van der Waals surface area contributed by atoms with E-state index >= 15 is 0 Å². The van der Waals surface area contributed by atoms with Crippen molar-refractivity contribution >= 4 is 11.7 Å². The molecule has 0 bridgehead atoms. The third kappa shape index (κ3) is 4.99. The third-order valence-electron chi connectivity index (χ3n) is 4.54. The Kier molecular flexibility index (Phi) is 6.50. The number of benzene rings is 2. The zero-order valence-electron chi connectivity index (χ0n) is 15.3. The number of anilines is 1. The largest absolute Gasteiger partial charge is 0.492 e. The minimum atomic E-state index is -0.262. The van der Waals surface area contributed by atoms with Gasteiger partial charge in [-0.05, 0) is 43.3 Å². The third-order valence-corrected chi connectivity index (χ3v) is 4.54. The van der Waals surface area contributed by atoms with E-state index in [1.807, 2.05) is 61.5 Å². The van der Waals surface area contributed by atoms with Gasteiger partial charge in [0.1, 0.15) is 12.4 Å². The summed E-state index contributed by atoms with van der Waals surface area (Å²) >= 11 is 0. The molecule has 0 amide bonds. The van der Waals surface area contributed by atoms with Crippen LogP contribution in [0.25, 0.3) is 0 Å². The first-order valence-electron chi connectivity index (χ1n) is 9.18. The van der Waals surface area contributed by atoms with Crippen LogP contribution in [0.4, 0.5) is 5.69 Å². The lowest BCUT2D eigenvalue weighted by Crippen LogP contribution is -2.47. The van der Waals surface area contributed by atoms with Gasteiger partial charge in [0.15, 0.2) is 0 Å². The fourth-order valence-electron chi connectivity index (χ4n) is 3.06. The van der Waals surface area contributed by atoms with Gasteiger partial charge in [0.2, 0.25) is 0 Å². The van der Waals surface area contributed by atoms with Crippen LogP contribution < -0.4 is 9.64 Å². The molecule has 1 aliphatic heterocycles. The maximum absolute atomic E-state index is 11.7. The van der Waals surface area contributed by atoms with E-state index in [1.54, 1.807) is 0 Å². The second kappa shape index (κ2) is 9.25. The van der Waals surface area contributed by atoms with Gasteiger partial charge in [0.25, 0.3) is 0 Å². The molecule has 2 aromatic rings. The fourth-order valence-corrected chi connectivity index (χ4v) is 3.06. The van der Waals surface area contributed by atoms with E-state index in [4.69, 9.17) is 9.47 Å². The van der Waals surface area contributed by atoms with Crippen LogP contribution in [0.1, 0.15) is 17.3 Å². The highest BCUT2D eigenvalue weighted by Gasteiger charge is 2.17. The molecule has 1 heterocycles. The monoisotopic (exact) mass is 354 g/mol. The van der Waals surface area contributed by atoms with Gasteiger partial charge in [-0.25, -0.2) is 4.79 Å². The first-order chi connectivity index (χ1) is 12.8. The van der Waals surface area contributed by atoms with E-state index in [1.165, 1.54) is 0 Å². The Morgan fingerprint density at radius 1 is 0.962 bits per heavy atom. The van der Waals surface area contributed by atoms with Crippen molar-refractivity contribution in [3.05, 3.63) is 60.2 Å². The van der Waals surface area contributed by atoms with Crippen LogP contribution in [0.2, 0.25) is 0 Å². The molecule has 26 heavy (non-hydrogen) atoms. The van der Waals surface area contributed by atoms with Crippen molar-refractivity contribution in [2.24, 2.45) is 0 Å². The number of esters is 1. The van der Waals surface area contributed by atoms with Crippen LogP contribution >= 0.6 is 0 Å².